The maximum atomic E-state index is 5.80. The minimum absolute atomic E-state index is 0.443. The highest BCUT2D eigenvalue weighted by Gasteiger charge is 2.07. The molecule has 1 aromatic heterocycles. The van der Waals surface area contributed by atoms with E-state index in [0.29, 0.717) is 5.82 Å². The van der Waals surface area contributed by atoms with Crippen LogP contribution in [0.4, 0.5) is 11.5 Å². The van der Waals surface area contributed by atoms with Crippen LogP contribution in [0.25, 0.3) is 5.69 Å². The number of hydrogen-bond acceptors (Lipinski definition) is 5. The van der Waals surface area contributed by atoms with Crippen molar-refractivity contribution in [2.75, 3.05) is 10.7 Å². The zero-order valence-corrected chi connectivity index (χ0v) is 11.1. The van der Waals surface area contributed by atoms with Crippen LogP contribution >= 0.6 is 15.9 Å². The van der Waals surface area contributed by atoms with Crippen LogP contribution in [-0.4, -0.2) is 9.78 Å². The first-order valence-electron chi connectivity index (χ1n) is 5.15. The van der Waals surface area contributed by atoms with Gasteiger partial charge in [-0.25, -0.2) is 10.5 Å². The molecule has 6 N–H and O–H groups in total. The first-order valence-corrected chi connectivity index (χ1v) is 5.95. The third kappa shape index (κ3) is 2.47. The Kier molecular flexibility index (Phi) is 3.54. The van der Waals surface area contributed by atoms with Gasteiger partial charge in [0.1, 0.15) is 10.4 Å². The molecule has 0 saturated heterocycles. The molecule has 18 heavy (non-hydrogen) atoms. The van der Waals surface area contributed by atoms with E-state index in [1.807, 2.05) is 24.3 Å². The van der Waals surface area contributed by atoms with E-state index in [0.717, 1.165) is 16.0 Å². The minimum Gasteiger partial charge on any atom is -0.403 e. The summed E-state index contributed by atoms with van der Waals surface area (Å²) in [7, 11) is 0. The molecule has 0 atom stereocenters. The van der Waals surface area contributed by atoms with E-state index >= 15 is 0 Å². The lowest BCUT2D eigenvalue weighted by atomic mass is 10.3. The number of nitrogens with zero attached hydrogens (tertiary/aromatic N) is 3. The average molecular weight is 309 g/mol. The normalized spacial score (nSPS) is 11.0. The van der Waals surface area contributed by atoms with Crippen LogP contribution in [-0.2, 0) is 0 Å². The van der Waals surface area contributed by atoms with Gasteiger partial charge in [-0.2, -0.15) is 0 Å². The molecule has 0 radical (unpaired) electrons. The number of halogens is 1. The van der Waals surface area contributed by atoms with Crippen LogP contribution in [0.3, 0.4) is 0 Å². The molecule has 7 heteroatoms. The van der Waals surface area contributed by atoms with E-state index in [-0.39, 0.29) is 0 Å². The number of hydrogen-bond donors (Lipinski definition) is 3. The summed E-state index contributed by atoms with van der Waals surface area (Å²) in [6, 6.07) is 9.24. The molecule has 0 bridgehead atoms. The van der Waals surface area contributed by atoms with Crippen molar-refractivity contribution in [2.24, 2.45) is 11.6 Å². The summed E-state index contributed by atoms with van der Waals surface area (Å²) in [4.78, 5) is 0. The van der Waals surface area contributed by atoms with E-state index in [9.17, 15) is 0 Å². The monoisotopic (exact) mass is 308 g/mol. The number of nitrogens with two attached hydrogens (primary N) is 3. The molecular formula is C11H13BrN6. The maximum absolute atomic E-state index is 5.80. The van der Waals surface area contributed by atoms with Gasteiger partial charge in [0.05, 0.1) is 11.4 Å². The lowest BCUT2D eigenvalue weighted by molar-refractivity contribution is 0.864. The standard InChI is InChI=1S/C11H13BrN6/c12-10-7-11(14)16-18(10)9-3-1-2-8(6-9)17(15)5-4-13/h1-7H,13,15H2,(H2,14,16)/b5-4-. The summed E-state index contributed by atoms with van der Waals surface area (Å²) < 4.78 is 2.45. The highest BCUT2D eigenvalue weighted by molar-refractivity contribution is 9.10. The van der Waals surface area contributed by atoms with Gasteiger partial charge in [0.25, 0.3) is 0 Å². The van der Waals surface area contributed by atoms with Gasteiger partial charge in [-0.05, 0) is 34.1 Å². The van der Waals surface area contributed by atoms with E-state index in [2.05, 4.69) is 21.0 Å². The third-order valence-corrected chi connectivity index (χ3v) is 2.87. The molecule has 0 spiro atoms. The van der Waals surface area contributed by atoms with Crippen molar-refractivity contribution in [2.45, 2.75) is 0 Å². The van der Waals surface area contributed by atoms with Gasteiger partial charge in [-0.15, -0.1) is 5.10 Å². The van der Waals surface area contributed by atoms with Crippen molar-refractivity contribution in [1.82, 2.24) is 9.78 Å². The lowest BCUT2D eigenvalue weighted by Crippen LogP contribution is -2.24. The number of rotatable bonds is 3. The number of benzene rings is 1. The van der Waals surface area contributed by atoms with Crippen LogP contribution in [0.5, 0.6) is 0 Å². The first-order chi connectivity index (χ1) is 8.61. The number of aromatic nitrogens is 2. The lowest BCUT2D eigenvalue weighted by Gasteiger charge is -2.14. The molecule has 1 aromatic carbocycles. The molecule has 0 aliphatic heterocycles. The summed E-state index contributed by atoms with van der Waals surface area (Å²) in [6.07, 6.45) is 2.93. The van der Waals surface area contributed by atoms with Gasteiger partial charge in [0.2, 0.25) is 0 Å². The van der Waals surface area contributed by atoms with Crippen LogP contribution < -0.4 is 22.3 Å². The molecule has 0 aliphatic rings. The molecule has 94 valence electrons. The van der Waals surface area contributed by atoms with Crippen molar-refractivity contribution in [3.05, 3.63) is 47.3 Å². The molecule has 0 unspecified atom stereocenters. The number of hydrazine groups is 1. The predicted octanol–water partition coefficient (Wildman–Crippen LogP) is 1.33. The average Bonchev–Trinajstić information content (AvgIpc) is 2.69. The van der Waals surface area contributed by atoms with Crippen LogP contribution in [0.15, 0.2) is 47.3 Å². The van der Waals surface area contributed by atoms with Crippen LogP contribution in [0.1, 0.15) is 0 Å². The molecule has 1 heterocycles. The fourth-order valence-corrected chi connectivity index (χ4v) is 2.04. The quantitative estimate of drug-likeness (QED) is 0.587. The van der Waals surface area contributed by atoms with Crippen molar-refractivity contribution >= 4 is 27.4 Å². The van der Waals surface area contributed by atoms with Gasteiger partial charge >= 0.3 is 0 Å². The minimum atomic E-state index is 0.443. The second kappa shape index (κ2) is 5.11. The summed E-state index contributed by atoms with van der Waals surface area (Å²) in [5.41, 5.74) is 12.6. The predicted molar refractivity (Wildman–Crippen MR) is 75.7 cm³/mol. The Morgan fingerprint density at radius 2 is 2.11 bits per heavy atom. The second-order valence-corrected chi connectivity index (χ2v) is 4.38. The molecule has 2 aromatic rings. The summed E-state index contributed by atoms with van der Waals surface area (Å²) in [5.74, 6) is 6.24. The molecule has 0 fully saturated rings. The van der Waals surface area contributed by atoms with Crippen LogP contribution in [0.2, 0.25) is 0 Å². The Balaban J connectivity index is 2.41. The van der Waals surface area contributed by atoms with E-state index < -0.39 is 0 Å². The molecule has 0 amide bonds. The topological polar surface area (TPSA) is 99.1 Å². The molecule has 0 saturated carbocycles. The van der Waals surface area contributed by atoms with E-state index in [4.69, 9.17) is 17.3 Å². The number of nitrogen functional groups attached to an aromatic ring is 1. The smallest absolute Gasteiger partial charge is 0.147 e. The molecular weight excluding hydrogens is 296 g/mol. The Hall–Kier alpha value is -1.99. The van der Waals surface area contributed by atoms with E-state index in [1.165, 1.54) is 11.2 Å². The molecule has 0 aliphatic carbocycles. The Morgan fingerprint density at radius 1 is 1.33 bits per heavy atom. The maximum Gasteiger partial charge on any atom is 0.147 e. The van der Waals surface area contributed by atoms with Gasteiger partial charge < -0.3 is 11.5 Å². The first kappa shape index (κ1) is 12.5. The number of anilines is 2. The Labute approximate surface area is 113 Å². The van der Waals surface area contributed by atoms with Gasteiger partial charge in [-0.3, -0.25) is 5.01 Å². The summed E-state index contributed by atoms with van der Waals surface area (Å²) in [6.45, 7) is 0. The Morgan fingerprint density at radius 3 is 2.72 bits per heavy atom. The fraction of sp³-hybridized carbons (Fsp3) is 0. The molecule has 2 rings (SSSR count). The highest BCUT2D eigenvalue weighted by Crippen LogP contribution is 2.22. The molecule has 6 nitrogen and oxygen atoms in total. The van der Waals surface area contributed by atoms with Gasteiger partial charge in [0.15, 0.2) is 0 Å². The van der Waals surface area contributed by atoms with Crippen molar-refractivity contribution in [3.8, 4) is 5.69 Å². The zero-order valence-electron chi connectivity index (χ0n) is 9.49. The summed E-state index contributed by atoms with van der Waals surface area (Å²) in [5, 5.41) is 5.59. The second-order valence-electron chi connectivity index (χ2n) is 3.57. The SMILES string of the molecule is N/C=C\N(N)c1cccc(-n2nc(N)cc2Br)c1. The van der Waals surface area contributed by atoms with Crippen molar-refractivity contribution < 1.29 is 0 Å². The Bertz CT molecular complexity index is 577. The van der Waals surface area contributed by atoms with Crippen molar-refractivity contribution in [1.29, 1.82) is 0 Å². The largest absolute Gasteiger partial charge is 0.403 e. The highest BCUT2D eigenvalue weighted by atomic mass is 79.9. The summed E-state index contributed by atoms with van der Waals surface area (Å²) >= 11 is 3.39. The fourth-order valence-electron chi connectivity index (χ4n) is 1.52. The third-order valence-electron chi connectivity index (χ3n) is 2.30. The van der Waals surface area contributed by atoms with Gasteiger partial charge in [-0.1, -0.05) is 6.07 Å². The van der Waals surface area contributed by atoms with Gasteiger partial charge in [0, 0.05) is 18.5 Å². The van der Waals surface area contributed by atoms with Crippen molar-refractivity contribution in [3.63, 3.8) is 0 Å². The zero-order chi connectivity index (χ0) is 13.1. The van der Waals surface area contributed by atoms with E-state index in [1.54, 1.807) is 16.9 Å². The van der Waals surface area contributed by atoms with Crippen LogP contribution in [0, 0.1) is 0 Å².